The lowest BCUT2D eigenvalue weighted by Gasteiger charge is -2.21. The first kappa shape index (κ1) is 7.56. The van der Waals surface area contributed by atoms with Gasteiger partial charge in [0.15, 0.2) is 0 Å². The molecule has 0 saturated carbocycles. The predicted molar refractivity (Wildman–Crippen MR) is 33.3 cm³/mol. The Bertz CT molecular complexity index is 77.7. The highest BCUT2D eigenvalue weighted by molar-refractivity contribution is 4.72. The van der Waals surface area contributed by atoms with Crippen LogP contribution in [0.2, 0.25) is 0 Å². The van der Waals surface area contributed by atoms with Crippen molar-refractivity contribution in [2.45, 2.75) is 32.4 Å². The van der Waals surface area contributed by atoms with Crippen molar-refractivity contribution >= 4 is 0 Å². The molecule has 0 amide bonds. The Kier molecular flexibility index (Phi) is 2.62. The minimum Gasteiger partial charge on any atom is -0.710 e. The third kappa shape index (κ3) is 2.69. The van der Waals surface area contributed by atoms with Crippen molar-refractivity contribution in [3.8, 4) is 0 Å². The van der Waals surface area contributed by atoms with E-state index in [0.29, 0.717) is 0 Å². The van der Waals surface area contributed by atoms with Crippen LogP contribution in [0.4, 0.5) is 0 Å². The van der Waals surface area contributed by atoms with Crippen molar-refractivity contribution in [1.82, 2.24) is 0 Å². The molecule has 3 heteroatoms. The van der Waals surface area contributed by atoms with Crippen molar-refractivity contribution in [1.29, 1.82) is 0 Å². The van der Waals surface area contributed by atoms with Crippen molar-refractivity contribution in [2.24, 2.45) is 10.8 Å². The van der Waals surface area contributed by atoms with Gasteiger partial charge in [0.25, 0.3) is 0 Å². The van der Waals surface area contributed by atoms with Crippen LogP contribution in [0.25, 0.3) is 5.53 Å². The standard InChI is InChI=1S/C5H12N3/c1-3-4-5(2,6)8-7/h3-4,6H2,1-2H3/q-1. The lowest BCUT2D eigenvalue weighted by molar-refractivity contribution is 0.444. The van der Waals surface area contributed by atoms with Crippen molar-refractivity contribution < 1.29 is 0 Å². The summed E-state index contributed by atoms with van der Waals surface area (Å²) in [5.41, 5.74) is 12.9. The predicted octanol–water partition coefficient (Wildman–Crippen LogP) is 1.48. The van der Waals surface area contributed by atoms with Crippen LogP contribution in [0.3, 0.4) is 0 Å². The molecular formula is C5H12N3-. The van der Waals surface area contributed by atoms with E-state index in [-0.39, 0.29) is 0 Å². The Balaban J connectivity index is 3.53. The highest BCUT2D eigenvalue weighted by Crippen LogP contribution is 2.08. The first-order valence-electron chi connectivity index (χ1n) is 2.77. The zero-order valence-electron chi connectivity index (χ0n) is 5.39. The van der Waals surface area contributed by atoms with Crippen molar-refractivity contribution in [3.05, 3.63) is 5.53 Å². The molecule has 1 unspecified atom stereocenters. The van der Waals surface area contributed by atoms with Crippen molar-refractivity contribution in [2.75, 3.05) is 0 Å². The Morgan fingerprint density at radius 3 is 2.38 bits per heavy atom. The van der Waals surface area contributed by atoms with Gasteiger partial charge in [0.05, 0.1) is 5.66 Å². The largest absolute Gasteiger partial charge is 0.710 e. The first-order valence-corrected chi connectivity index (χ1v) is 2.77. The van der Waals surface area contributed by atoms with Gasteiger partial charge in [-0.2, -0.15) is 0 Å². The Morgan fingerprint density at radius 2 is 2.25 bits per heavy atom. The van der Waals surface area contributed by atoms with Gasteiger partial charge in [-0.15, -0.1) is 0 Å². The van der Waals surface area contributed by atoms with E-state index in [1.54, 1.807) is 6.92 Å². The molecule has 8 heavy (non-hydrogen) atoms. The molecule has 0 rings (SSSR count). The van der Waals surface area contributed by atoms with E-state index < -0.39 is 5.66 Å². The molecule has 1 atom stereocenters. The van der Waals surface area contributed by atoms with Gasteiger partial charge in [-0.25, -0.2) is 0 Å². The van der Waals surface area contributed by atoms with E-state index in [4.69, 9.17) is 11.3 Å². The molecule has 0 heterocycles. The average Bonchev–Trinajstić information content (AvgIpc) is 1.67. The zero-order valence-corrected chi connectivity index (χ0v) is 5.39. The molecule has 0 aliphatic heterocycles. The Morgan fingerprint density at radius 1 is 1.75 bits per heavy atom. The summed E-state index contributed by atoms with van der Waals surface area (Å²) in [6.45, 7) is 3.69. The Hall–Kier alpha value is -0.440. The Labute approximate surface area is 49.8 Å². The summed E-state index contributed by atoms with van der Waals surface area (Å²) in [7, 11) is 0. The summed E-state index contributed by atoms with van der Waals surface area (Å²) in [4.78, 5) is 0. The van der Waals surface area contributed by atoms with E-state index in [2.05, 4.69) is 5.11 Å². The fraction of sp³-hybridized carbons (Fsp3) is 1.00. The molecule has 0 spiro atoms. The van der Waals surface area contributed by atoms with Crippen LogP contribution >= 0.6 is 0 Å². The number of hydrogen-bond donors (Lipinski definition) is 1. The second-order valence-corrected chi connectivity index (χ2v) is 2.21. The normalized spacial score (nSPS) is 17.4. The quantitative estimate of drug-likeness (QED) is 0.555. The maximum Gasteiger partial charge on any atom is 0.0832 e. The van der Waals surface area contributed by atoms with Crippen molar-refractivity contribution in [3.63, 3.8) is 0 Å². The molecule has 0 aliphatic carbocycles. The molecule has 0 aromatic heterocycles. The fourth-order valence-electron chi connectivity index (χ4n) is 0.556. The van der Waals surface area contributed by atoms with E-state index in [1.165, 1.54) is 0 Å². The molecule has 3 nitrogen and oxygen atoms in total. The molecule has 48 valence electrons. The molecule has 0 radical (unpaired) electrons. The highest BCUT2D eigenvalue weighted by atomic mass is 15.1. The van der Waals surface area contributed by atoms with Gasteiger partial charge >= 0.3 is 0 Å². The summed E-state index contributed by atoms with van der Waals surface area (Å²) in [5.74, 6) is 0. The lowest BCUT2D eigenvalue weighted by atomic mass is 10.1. The van der Waals surface area contributed by atoms with Gasteiger partial charge in [-0.3, -0.25) is 0 Å². The maximum atomic E-state index is 8.23. The molecule has 0 aromatic carbocycles. The number of rotatable bonds is 3. The second-order valence-electron chi connectivity index (χ2n) is 2.21. The summed E-state index contributed by atoms with van der Waals surface area (Å²) in [6.07, 6.45) is 1.67. The third-order valence-corrected chi connectivity index (χ3v) is 0.985. The van der Waals surface area contributed by atoms with Crippen LogP contribution in [-0.4, -0.2) is 5.66 Å². The van der Waals surface area contributed by atoms with E-state index >= 15 is 0 Å². The van der Waals surface area contributed by atoms with Gasteiger partial charge in [0.1, 0.15) is 0 Å². The smallest absolute Gasteiger partial charge is 0.0832 e. The van der Waals surface area contributed by atoms with Gasteiger partial charge < -0.3 is 16.4 Å². The number of nitrogens with zero attached hydrogens (tertiary/aromatic N) is 2. The molecular weight excluding hydrogens is 102 g/mol. The molecule has 0 saturated heterocycles. The lowest BCUT2D eigenvalue weighted by Crippen LogP contribution is -2.32. The molecule has 0 bridgehead atoms. The summed E-state index contributed by atoms with van der Waals surface area (Å²) < 4.78 is 0. The van der Waals surface area contributed by atoms with Gasteiger partial charge in [-0.1, -0.05) is 13.3 Å². The first-order chi connectivity index (χ1) is 3.62. The topological polar surface area (TPSA) is 60.7 Å². The fourth-order valence-corrected chi connectivity index (χ4v) is 0.556. The number of nitrogens with two attached hydrogens (primary N) is 1. The maximum absolute atomic E-state index is 8.23. The van der Waals surface area contributed by atoms with Gasteiger partial charge in [-0.05, 0) is 13.3 Å². The SMILES string of the molecule is CCCC(C)(N)N=[N-]. The van der Waals surface area contributed by atoms with E-state index in [9.17, 15) is 0 Å². The summed E-state index contributed by atoms with van der Waals surface area (Å²) in [6, 6.07) is 0. The monoisotopic (exact) mass is 114 g/mol. The molecule has 2 N–H and O–H groups in total. The van der Waals surface area contributed by atoms with Gasteiger partial charge in [0, 0.05) is 0 Å². The van der Waals surface area contributed by atoms with Crippen LogP contribution < -0.4 is 5.73 Å². The third-order valence-electron chi connectivity index (χ3n) is 0.985. The van der Waals surface area contributed by atoms with Crippen LogP contribution in [0.5, 0.6) is 0 Å². The molecule has 0 aromatic rings. The minimum absolute atomic E-state index is 0.726. The minimum atomic E-state index is -0.727. The zero-order chi connectivity index (χ0) is 6.62. The highest BCUT2D eigenvalue weighted by Gasteiger charge is 2.08. The average molecular weight is 114 g/mol. The molecule has 0 fully saturated rings. The summed E-state index contributed by atoms with van der Waals surface area (Å²) in [5, 5.41) is 2.99. The van der Waals surface area contributed by atoms with Gasteiger partial charge in [0.2, 0.25) is 0 Å². The van der Waals surface area contributed by atoms with E-state index in [0.717, 1.165) is 12.8 Å². The summed E-state index contributed by atoms with van der Waals surface area (Å²) >= 11 is 0. The van der Waals surface area contributed by atoms with Crippen LogP contribution in [0.1, 0.15) is 26.7 Å². The van der Waals surface area contributed by atoms with Crippen LogP contribution in [0, 0.1) is 0 Å². The van der Waals surface area contributed by atoms with E-state index in [1.807, 2.05) is 6.92 Å². The van der Waals surface area contributed by atoms with Crippen LogP contribution in [0.15, 0.2) is 5.11 Å². The number of hydrogen-bond acceptors (Lipinski definition) is 2. The molecule has 0 aliphatic rings. The second kappa shape index (κ2) is 2.77. The van der Waals surface area contributed by atoms with Crippen LogP contribution in [-0.2, 0) is 0 Å².